The van der Waals surface area contributed by atoms with Crippen LogP contribution in [0.15, 0.2) is 364 Å². The molecule has 0 heterocycles. The molecule has 6 aromatic carbocycles. The first-order valence-corrected chi connectivity index (χ1v) is 39.3. The van der Waals surface area contributed by atoms with Gasteiger partial charge in [0.2, 0.25) is 0 Å². The third kappa shape index (κ3) is 15.8. The van der Waals surface area contributed by atoms with Crippen LogP contribution in [-0.2, 0) is 56.8 Å². The topological polar surface area (TPSA) is 0 Å². The Balaban J connectivity index is 0.000000118. The van der Waals surface area contributed by atoms with Crippen LogP contribution in [0.4, 0.5) is 0 Å². The van der Waals surface area contributed by atoms with Crippen molar-refractivity contribution in [2.75, 3.05) is 0 Å². The van der Waals surface area contributed by atoms with Crippen molar-refractivity contribution in [1.82, 2.24) is 0 Å². The van der Waals surface area contributed by atoms with E-state index in [4.69, 9.17) is 0 Å². The van der Waals surface area contributed by atoms with E-state index < -0.39 is 0 Å². The zero-order valence-electron chi connectivity index (χ0n) is 60.3. The van der Waals surface area contributed by atoms with Crippen molar-refractivity contribution in [3.8, 4) is 0 Å². The molecule has 0 aromatic heterocycles. The average molecular weight is 1330 g/mol. The van der Waals surface area contributed by atoms with Crippen LogP contribution in [0.5, 0.6) is 0 Å². The van der Waals surface area contributed by atoms with Gasteiger partial charge in [0.15, 0.2) is 0 Å². The van der Waals surface area contributed by atoms with Gasteiger partial charge in [0.1, 0.15) is 0 Å². The highest BCUT2D eigenvalue weighted by Crippen LogP contribution is 2.52. The fourth-order valence-corrected chi connectivity index (χ4v) is 18.4. The fourth-order valence-electron chi connectivity index (χ4n) is 18.4. The molecule has 4 atom stereocenters. The van der Waals surface area contributed by atoms with Gasteiger partial charge < -0.3 is 0 Å². The van der Waals surface area contributed by atoms with Gasteiger partial charge >= 0.3 is 0 Å². The summed E-state index contributed by atoms with van der Waals surface area (Å²) in [7, 11) is 0. The molecule has 510 valence electrons. The number of hydrogen-bond donors (Lipinski definition) is 0. The van der Waals surface area contributed by atoms with E-state index in [0.717, 1.165) is 56.3 Å². The molecule has 12 aliphatic carbocycles. The molecule has 0 bridgehead atoms. The van der Waals surface area contributed by atoms with E-state index in [1.807, 2.05) is 0 Å². The van der Waals surface area contributed by atoms with Gasteiger partial charge in [-0.15, -0.1) is 0 Å². The molecule has 0 heteroatoms. The highest BCUT2D eigenvalue weighted by Gasteiger charge is 2.43. The van der Waals surface area contributed by atoms with E-state index in [1.165, 1.54) is 214 Å². The molecule has 0 radical (unpaired) electrons. The Morgan fingerprint density at radius 2 is 0.794 bits per heavy atom. The summed E-state index contributed by atoms with van der Waals surface area (Å²) in [6.45, 7) is 2.18. The first-order valence-electron chi connectivity index (χ1n) is 39.3. The predicted molar refractivity (Wildman–Crippen MR) is 431 cm³/mol. The van der Waals surface area contributed by atoms with Gasteiger partial charge in [-0.25, -0.2) is 0 Å². The molecule has 4 unspecified atom stereocenters. The Morgan fingerprint density at radius 1 is 0.363 bits per heavy atom. The lowest BCUT2D eigenvalue weighted by molar-refractivity contribution is 0.324. The first kappa shape index (κ1) is 67.1. The molecule has 2 fully saturated rings. The SMILES string of the molecule is C1=CC2C(C3=CCCC=C3)=CC=C(Cc3ccc(CC4CCC(c5ccccc5)CC4)cc3)C2=C1.C1=CC2C(C3=CCCC=C3)=CC=C(Cc3ccc(CC4CCc5ccccc5C4)cc3)C2=C1.Cc1ccc(C2(CCc3ccc(CC4=CC=C(C5=CCCC=C5)C5C=CC=C45)cc3)CC2)cc1. The van der Waals surface area contributed by atoms with Gasteiger partial charge in [-0.3, -0.25) is 0 Å². The minimum Gasteiger partial charge on any atom is -0.0836 e. The van der Waals surface area contributed by atoms with E-state index in [-0.39, 0.29) is 0 Å². The van der Waals surface area contributed by atoms with Crippen molar-refractivity contribution in [2.45, 2.75) is 160 Å². The maximum absolute atomic E-state index is 2.40. The fraction of sp³-hybridized carbons (Fsp3) is 0.294. The summed E-state index contributed by atoms with van der Waals surface area (Å²) < 4.78 is 0. The molecule has 0 nitrogen and oxygen atoms in total. The number of aryl methyl sites for hydroxylation is 3. The van der Waals surface area contributed by atoms with Gasteiger partial charge in [-0.1, -0.05) is 303 Å². The van der Waals surface area contributed by atoms with Crippen LogP contribution < -0.4 is 0 Å². The van der Waals surface area contributed by atoms with E-state index in [0.29, 0.717) is 23.2 Å². The Morgan fingerprint density at radius 3 is 1.25 bits per heavy atom. The van der Waals surface area contributed by atoms with Gasteiger partial charge in [-0.2, -0.15) is 0 Å². The Hall–Kier alpha value is -9.36. The van der Waals surface area contributed by atoms with Crippen molar-refractivity contribution < 1.29 is 0 Å². The molecule has 102 heavy (non-hydrogen) atoms. The molecule has 0 N–H and O–H groups in total. The highest BCUT2D eigenvalue weighted by molar-refractivity contribution is 5.64. The molecule has 0 spiro atoms. The molecule has 2 saturated carbocycles. The van der Waals surface area contributed by atoms with E-state index in [2.05, 4.69) is 304 Å². The number of rotatable bonds is 18. The summed E-state index contributed by atoms with van der Waals surface area (Å²) in [5.41, 5.74) is 34.2. The maximum atomic E-state index is 2.40. The largest absolute Gasteiger partial charge is 0.0836 e. The Labute approximate surface area is 610 Å². The number of benzene rings is 6. The summed E-state index contributed by atoms with van der Waals surface area (Å²) in [5, 5.41) is 0. The molecule has 0 aliphatic heterocycles. The van der Waals surface area contributed by atoms with E-state index >= 15 is 0 Å². The number of hydrogen-bond acceptors (Lipinski definition) is 0. The smallest absolute Gasteiger partial charge is 0.0281 e. The predicted octanol–water partition coefficient (Wildman–Crippen LogP) is 25.3. The second-order valence-electron chi connectivity index (χ2n) is 31.4. The zero-order valence-corrected chi connectivity index (χ0v) is 60.3. The van der Waals surface area contributed by atoms with Crippen LogP contribution in [0.2, 0.25) is 0 Å². The summed E-state index contributed by atoms with van der Waals surface area (Å²) >= 11 is 0. The van der Waals surface area contributed by atoms with E-state index in [9.17, 15) is 0 Å². The minimum atomic E-state index is 0.421. The van der Waals surface area contributed by atoms with Gasteiger partial charge in [0.25, 0.3) is 0 Å². The van der Waals surface area contributed by atoms with Gasteiger partial charge in [-0.05, 0) is 294 Å². The molecule has 6 aromatic rings. The quantitative estimate of drug-likeness (QED) is 0.0805. The van der Waals surface area contributed by atoms with Crippen LogP contribution in [0.25, 0.3) is 0 Å². The summed E-state index contributed by atoms with van der Waals surface area (Å²) in [6.07, 6.45) is 82.8. The minimum absolute atomic E-state index is 0.421. The standard InChI is InChI=1S/C35H36.C34H34.C33H32/c1-3-8-29(9-4-1)30-20-18-27(19-21-30)24-26-14-16-28(17-15-26)25-32-22-23-34(31-10-5-2-6-11-31)35-13-7-12-33(32)35;1-25-10-17-30(18-11-25)34(22-23-34)21-20-26-12-14-27(15-13-26)24-29-16-19-32(28-6-3-2-4-7-28)33-9-5-8-31(29)33;1-2-8-28(9-3-1)32-20-19-30(31-11-6-12-33(31)32)22-25-15-13-24(14-16-25)21-26-17-18-27-7-4-5-10-29(27)23-26/h1,3-5,7-17,22-23,27,30,35H,2,6,18-21,24-25H2;3,5-19,33H,2,4,20-24H2,1H3;2,4-16,19-20,26,33H,1,3,17-18,21-23H2. The van der Waals surface area contributed by atoms with Crippen molar-refractivity contribution in [1.29, 1.82) is 0 Å². The van der Waals surface area contributed by atoms with Crippen molar-refractivity contribution in [3.05, 3.63) is 426 Å². The molecule has 0 amide bonds. The third-order valence-electron chi connectivity index (χ3n) is 24.5. The normalized spacial score (nSPS) is 23.6. The monoisotopic (exact) mass is 1330 g/mol. The maximum Gasteiger partial charge on any atom is 0.0281 e. The molecule has 18 rings (SSSR count). The lowest BCUT2D eigenvalue weighted by atomic mass is 9.76. The second kappa shape index (κ2) is 31.5. The Kier molecular flexibility index (Phi) is 20.7. The van der Waals surface area contributed by atoms with Crippen molar-refractivity contribution in [2.24, 2.45) is 29.6 Å². The first-order chi connectivity index (χ1) is 50.4. The highest BCUT2D eigenvalue weighted by atomic mass is 14.5. The Bertz CT molecular complexity index is 4640. The summed E-state index contributed by atoms with van der Waals surface area (Å²) in [6, 6.07) is 57.8. The second-order valence-corrected chi connectivity index (χ2v) is 31.4. The number of fused-ring (bicyclic) bond motifs is 4. The number of allylic oxidation sites excluding steroid dienone is 36. The lowest BCUT2D eigenvalue weighted by Gasteiger charge is -2.29. The molecule has 0 saturated heterocycles. The molecular weight excluding hydrogens is 1230 g/mol. The van der Waals surface area contributed by atoms with Crippen LogP contribution in [0.1, 0.15) is 157 Å². The summed E-state index contributed by atoms with van der Waals surface area (Å²) in [4.78, 5) is 0. The van der Waals surface area contributed by atoms with Crippen molar-refractivity contribution in [3.63, 3.8) is 0 Å². The van der Waals surface area contributed by atoms with Crippen molar-refractivity contribution >= 4 is 0 Å². The van der Waals surface area contributed by atoms with Crippen LogP contribution in [0.3, 0.4) is 0 Å². The van der Waals surface area contributed by atoms with Gasteiger partial charge in [0.05, 0.1) is 0 Å². The third-order valence-corrected chi connectivity index (χ3v) is 24.5. The molecular formula is C102H102. The lowest BCUT2D eigenvalue weighted by Crippen LogP contribution is -2.16. The van der Waals surface area contributed by atoms with Crippen LogP contribution >= 0.6 is 0 Å². The summed E-state index contributed by atoms with van der Waals surface area (Å²) in [5.74, 6) is 3.64. The van der Waals surface area contributed by atoms with Crippen LogP contribution in [-0.4, -0.2) is 0 Å². The van der Waals surface area contributed by atoms with Crippen LogP contribution in [0, 0.1) is 36.5 Å². The molecule has 12 aliphatic rings. The average Bonchev–Trinajstić information content (AvgIpc) is 1.62. The van der Waals surface area contributed by atoms with E-state index in [1.54, 1.807) is 16.7 Å². The zero-order chi connectivity index (χ0) is 68.4. The van der Waals surface area contributed by atoms with Gasteiger partial charge in [0, 0.05) is 17.8 Å².